The number of nitrogens with zero attached hydrogens (tertiary/aromatic N) is 10. The summed E-state index contributed by atoms with van der Waals surface area (Å²) in [6.45, 7) is 4.45. The van der Waals surface area contributed by atoms with Crippen LogP contribution in [0.15, 0.2) is 43.1 Å². The normalized spacial score (nSPS) is 24.7. The van der Waals surface area contributed by atoms with Crippen LogP contribution >= 0.6 is 0 Å². The van der Waals surface area contributed by atoms with E-state index in [1.807, 2.05) is 29.9 Å². The van der Waals surface area contributed by atoms with Gasteiger partial charge in [0.05, 0.1) is 49.8 Å². The molecule has 0 radical (unpaired) electrons. The first-order chi connectivity index (χ1) is 24.9. The van der Waals surface area contributed by atoms with Gasteiger partial charge in [0.2, 0.25) is 5.95 Å². The van der Waals surface area contributed by atoms with Crippen LogP contribution in [0.25, 0.3) is 11.1 Å². The summed E-state index contributed by atoms with van der Waals surface area (Å²) in [5, 5.41) is 39.8. The molecule has 15 nitrogen and oxygen atoms in total. The lowest BCUT2D eigenvalue weighted by atomic mass is 9.78. The summed E-state index contributed by atoms with van der Waals surface area (Å²) in [6.07, 6.45) is 16.9. The van der Waals surface area contributed by atoms with Crippen LogP contribution < -0.4 is 14.8 Å². The fourth-order valence-electron chi connectivity index (χ4n) is 8.14. The number of fused-ring (bicyclic) bond motifs is 2. The predicted octanol–water partition coefficient (Wildman–Crippen LogP) is 4.44. The third-order valence-electron chi connectivity index (χ3n) is 11.0. The molecular formula is C36H45N11O4. The Bertz CT molecular complexity index is 1800. The number of hydrogen-bond acceptors (Lipinski definition) is 13. The fourth-order valence-corrected chi connectivity index (χ4v) is 8.14. The molecule has 4 aliphatic rings. The Hall–Kier alpha value is -4.65. The molecule has 8 rings (SSSR count). The van der Waals surface area contributed by atoms with Gasteiger partial charge in [-0.1, -0.05) is 6.07 Å². The van der Waals surface area contributed by atoms with Crippen LogP contribution in [0.5, 0.6) is 11.6 Å². The van der Waals surface area contributed by atoms with Crippen molar-refractivity contribution in [1.82, 2.24) is 44.9 Å². The minimum Gasteiger partial charge on any atom is -0.487 e. The van der Waals surface area contributed by atoms with Crippen molar-refractivity contribution in [2.24, 2.45) is 0 Å². The van der Waals surface area contributed by atoms with E-state index in [0.29, 0.717) is 66.5 Å². The van der Waals surface area contributed by atoms with Gasteiger partial charge < -0.3 is 24.6 Å². The minimum atomic E-state index is -0.629. The number of nitriles is 1. The highest BCUT2D eigenvalue weighted by Crippen LogP contribution is 2.40. The van der Waals surface area contributed by atoms with E-state index in [1.54, 1.807) is 23.1 Å². The largest absolute Gasteiger partial charge is 0.487 e. The first kappa shape index (κ1) is 33.5. The van der Waals surface area contributed by atoms with Gasteiger partial charge in [-0.3, -0.25) is 9.58 Å². The lowest BCUT2D eigenvalue weighted by molar-refractivity contribution is -0.0486. The summed E-state index contributed by atoms with van der Waals surface area (Å²) in [5.74, 6) is 1.36. The van der Waals surface area contributed by atoms with Crippen molar-refractivity contribution in [2.45, 2.75) is 114 Å². The summed E-state index contributed by atoms with van der Waals surface area (Å²) < 4.78 is 21.8. The molecule has 0 unspecified atom stereocenters. The van der Waals surface area contributed by atoms with Crippen LogP contribution in [0, 0.1) is 11.3 Å². The summed E-state index contributed by atoms with van der Waals surface area (Å²) in [7, 11) is 0. The second-order valence-corrected chi connectivity index (χ2v) is 14.5. The summed E-state index contributed by atoms with van der Waals surface area (Å²) in [5.41, 5.74) is 2.08. The lowest BCUT2D eigenvalue weighted by Crippen LogP contribution is -2.52. The number of hydrogen-bond donors (Lipinski definition) is 2. The molecule has 268 valence electrons. The van der Waals surface area contributed by atoms with E-state index >= 15 is 0 Å². The van der Waals surface area contributed by atoms with Gasteiger partial charge >= 0.3 is 0 Å². The van der Waals surface area contributed by atoms with Gasteiger partial charge in [0, 0.05) is 42.5 Å². The van der Waals surface area contributed by atoms with Gasteiger partial charge in [0.1, 0.15) is 29.9 Å². The van der Waals surface area contributed by atoms with Gasteiger partial charge in [-0.15, -0.1) is 10.2 Å². The summed E-state index contributed by atoms with van der Waals surface area (Å²) >= 11 is 0. The van der Waals surface area contributed by atoms with Crippen LogP contribution in [-0.2, 0) is 11.3 Å². The SMILES string of the molecule is C[C@@H](Cn1cnnn1)Oc1cc(-c2cnc(Nc3cn(C4CCC(N5[C@@H]6CC[C@H]5COC6)CC4)nc3OCCC3(O)CCC3)nc2)ccc1C#N. The molecule has 2 N–H and O–H groups in total. The van der Waals surface area contributed by atoms with E-state index < -0.39 is 5.60 Å². The number of benzene rings is 1. The number of morpholine rings is 1. The molecule has 1 aromatic carbocycles. The number of tetrazole rings is 1. The Morgan fingerprint density at radius 3 is 2.47 bits per heavy atom. The zero-order valence-corrected chi connectivity index (χ0v) is 29.0. The monoisotopic (exact) mass is 695 g/mol. The summed E-state index contributed by atoms with van der Waals surface area (Å²) in [6, 6.07) is 9.66. The van der Waals surface area contributed by atoms with E-state index in [9.17, 15) is 10.4 Å². The molecule has 2 saturated heterocycles. The molecule has 2 aliphatic carbocycles. The van der Waals surface area contributed by atoms with Crippen molar-refractivity contribution in [1.29, 1.82) is 5.26 Å². The van der Waals surface area contributed by atoms with Crippen molar-refractivity contribution < 1.29 is 19.3 Å². The van der Waals surface area contributed by atoms with Crippen LogP contribution in [0.4, 0.5) is 11.6 Å². The Labute approximate surface area is 296 Å². The smallest absolute Gasteiger partial charge is 0.256 e. The molecule has 15 heteroatoms. The lowest BCUT2D eigenvalue weighted by Gasteiger charge is -2.43. The molecule has 2 saturated carbocycles. The highest BCUT2D eigenvalue weighted by Gasteiger charge is 2.42. The molecule has 5 heterocycles. The Morgan fingerprint density at radius 1 is 1.04 bits per heavy atom. The zero-order chi connectivity index (χ0) is 34.8. The number of nitrogens with one attached hydrogen (secondary N) is 1. The van der Waals surface area contributed by atoms with Crippen LogP contribution in [0.3, 0.4) is 0 Å². The van der Waals surface area contributed by atoms with E-state index in [1.165, 1.54) is 19.2 Å². The Morgan fingerprint density at radius 2 is 1.78 bits per heavy atom. The van der Waals surface area contributed by atoms with Crippen LogP contribution in [0.1, 0.15) is 82.7 Å². The maximum Gasteiger partial charge on any atom is 0.256 e. The number of aliphatic hydroxyl groups is 1. The Kier molecular flexibility index (Phi) is 9.54. The van der Waals surface area contributed by atoms with Crippen molar-refractivity contribution >= 4 is 11.6 Å². The van der Waals surface area contributed by atoms with Crippen LogP contribution in [0.2, 0.25) is 0 Å². The van der Waals surface area contributed by atoms with Gasteiger partial charge in [-0.2, -0.15) is 5.26 Å². The fraction of sp³-hybridized carbons (Fsp3) is 0.583. The quantitative estimate of drug-likeness (QED) is 0.201. The average Bonchev–Trinajstić information content (AvgIpc) is 3.85. The molecule has 2 bridgehead atoms. The highest BCUT2D eigenvalue weighted by atomic mass is 16.5. The first-order valence-electron chi connectivity index (χ1n) is 18.2. The maximum absolute atomic E-state index is 10.7. The third kappa shape index (κ3) is 7.40. The van der Waals surface area contributed by atoms with Gasteiger partial charge in [-0.05, 0) is 92.8 Å². The standard InChI is InChI=1S/C36H45N11O4/c1-24(19-45-23-40-43-44-45)51-33-15-25(3-4-26(33)16-37)27-17-38-35(39-18-27)41-32-20-46(42-34(32)50-14-13-36(48)11-2-12-36)28-5-7-29(8-6-28)47-30-9-10-31(47)22-49-21-30/h3-4,15,17-18,20,23-24,28-31,48H,2,5-14,19,21-22H2,1H3,(H,38,39,41)/t24-,28?,29?,30-,31+/m0/s1. The molecule has 0 amide bonds. The maximum atomic E-state index is 10.7. The average molecular weight is 696 g/mol. The molecule has 4 aromatic rings. The Balaban J connectivity index is 0.952. The van der Waals surface area contributed by atoms with E-state index in [2.05, 4.69) is 41.8 Å². The molecule has 0 spiro atoms. The van der Waals surface area contributed by atoms with Crippen LogP contribution in [-0.4, -0.2) is 99.6 Å². The molecule has 3 aromatic heterocycles. The molecule has 51 heavy (non-hydrogen) atoms. The number of ether oxygens (including phenoxy) is 3. The zero-order valence-electron chi connectivity index (χ0n) is 29.0. The van der Waals surface area contributed by atoms with Gasteiger partial charge in [-0.25, -0.2) is 14.6 Å². The van der Waals surface area contributed by atoms with Crippen molar-refractivity contribution in [3.8, 4) is 28.8 Å². The molecule has 3 atom stereocenters. The highest BCUT2D eigenvalue weighted by molar-refractivity contribution is 5.67. The molecule has 4 fully saturated rings. The summed E-state index contributed by atoms with van der Waals surface area (Å²) in [4.78, 5) is 12.0. The number of anilines is 2. The van der Waals surface area contributed by atoms with Crippen molar-refractivity contribution in [3.63, 3.8) is 0 Å². The molecule has 2 aliphatic heterocycles. The van der Waals surface area contributed by atoms with E-state index in [4.69, 9.17) is 19.3 Å². The van der Waals surface area contributed by atoms with Crippen molar-refractivity contribution in [3.05, 3.63) is 48.7 Å². The second kappa shape index (κ2) is 14.5. The van der Waals surface area contributed by atoms with Gasteiger partial charge in [0.15, 0.2) is 0 Å². The first-order valence-corrected chi connectivity index (χ1v) is 18.2. The van der Waals surface area contributed by atoms with E-state index in [0.717, 1.165) is 69.3 Å². The molecular weight excluding hydrogens is 650 g/mol. The van der Waals surface area contributed by atoms with E-state index in [-0.39, 0.29) is 12.1 Å². The van der Waals surface area contributed by atoms with Crippen molar-refractivity contribution in [2.75, 3.05) is 25.1 Å². The number of rotatable bonds is 13. The second-order valence-electron chi connectivity index (χ2n) is 14.5. The topological polar surface area (TPSA) is 174 Å². The third-order valence-corrected chi connectivity index (χ3v) is 11.0. The number of aromatic nitrogens is 8. The van der Waals surface area contributed by atoms with Gasteiger partial charge in [0.25, 0.3) is 5.88 Å². The minimum absolute atomic E-state index is 0.275. The predicted molar refractivity (Wildman–Crippen MR) is 185 cm³/mol.